The first-order chi connectivity index (χ1) is 8.74. The first-order valence-electron chi connectivity index (χ1n) is 6.20. The molecule has 1 N–H and O–H groups in total. The minimum absolute atomic E-state index is 0.0175. The van der Waals surface area contributed by atoms with Crippen LogP contribution in [0.2, 0.25) is 0 Å². The lowest BCUT2D eigenvalue weighted by Gasteiger charge is -2.07. The van der Waals surface area contributed by atoms with Crippen LogP contribution in [0.1, 0.15) is 36.8 Å². The number of pyridine rings is 1. The lowest BCUT2D eigenvalue weighted by Crippen LogP contribution is -2.11. The first-order valence-corrected chi connectivity index (χ1v) is 6.20. The van der Waals surface area contributed by atoms with Crippen LogP contribution in [0.3, 0.4) is 0 Å². The first kappa shape index (κ1) is 11.3. The van der Waals surface area contributed by atoms with Crippen molar-refractivity contribution in [1.29, 1.82) is 0 Å². The van der Waals surface area contributed by atoms with Crippen LogP contribution in [-0.2, 0) is 0 Å². The van der Waals surface area contributed by atoms with Crippen molar-refractivity contribution in [3.63, 3.8) is 0 Å². The van der Waals surface area contributed by atoms with Crippen molar-refractivity contribution in [2.45, 2.75) is 38.2 Å². The predicted molar refractivity (Wildman–Crippen MR) is 64.9 cm³/mol. The van der Waals surface area contributed by atoms with Crippen LogP contribution >= 0.6 is 0 Å². The van der Waals surface area contributed by atoms with Crippen molar-refractivity contribution in [1.82, 2.24) is 15.1 Å². The minimum Gasteiger partial charge on any atom is -0.392 e. The van der Waals surface area contributed by atoms with Crippen molar-refractivity contribution in [2.24, 2.45) is 0 Å². The van der Waals surface area contributed by atoms with Gasteiger partial charge in [0.2, 0.25) is 11.7 Å². The number of hydrogen-bond donors (Lipinski definition) is 1. The highest BCUT2D eigenvalue weighted by Crippen LogP contribution is 2.34. The topological polar surface area (TPSA) is 72.0 Å². The summed E-state index contributed by atoms with van der Waals surface area (Å²) in [6.07, 6.45) is 2.37. The molecule has 2 aromatic heterocycles. The summed E-state index contributed by atoms with van der Waals surface area (Å²) >= 11 is 0. The molecule has 5 heteroatoms. The maximum atomic E-state index is 9.82. The molecule has 2 atom stereocenters. The molecule has 2 aromatic rings. The average molecular weight is 245 g/mol. The van der Waals surface area contributed by atoms with Gasteiger partial charge in [-0.3, -0.25) is 0 Å². The second-order valence-corrected chi connectivity index (χ2v) is 4.73. The van der Waals surface area contributed by atoms with Crippen LogP contribution in [0, 0.1) is 6.92 Å². The lowest BCUT2D eigenvalue weighted by atomic mass is 10.1. The Hall–Kier alpha value is -1.75. The number of rotatable bonds is 2. The van der Waals surface area contributed by atoms with Gasteiger partial charge in [0.15, 0.2) is 0 Å². The molecule has 1 fully saturated rings. The van der Waals surface area contributed by atoms with Crippen LogP contribution in [0.4, 0.5) is 0 Å². The zero-order chi connectivity index (χ0) is 12.5. The van der Waals surface area contributed by atoms with Crippen LogP contribution in [0.5, 0.6) is 0 Å². The Labute approximate surface area is 105 Å². The van der Waals surface area contributed by atoms with E-state index < -0.39 is 0 Å². The molecule has 0 spiro atoms. The molecule has 94 valence electrons. The van der Waals surface area contributed by atoms with Gasteiger partial charge < -0.3 is 9.63 Å². The van der Waals surface area contributed by atoms with Crippen LogP contribution in [0.15, 0.2) is 22.7 Å². The zero-order valence-corrected chi connectivity index (χ0v) is 10.2. The van der Waals surface area contributed by atoms with Crippen molar-refractivity contribution in [3.05, 3.63) is 29.8 Å². The monoisotopic (exact) mass is 245 g/mol. The van der Waals surface area contributed by atoms with Crippen molar-refractivity contribution in [2.75, 3.05) is 0 Å². The van der Waals surface area contributed by atoms with E-state index >= 15 is 0 Å². The van der Waals surface area contributed by atoms with Gasteiger partial charge in [0.25, 0.3) is 0 Å². The van der Waals surface area contributed by atoms with E-state index in [1.165, 1.54) is 0 Å². The van der Waals surface area contributed by atoms with E-state index in [0.717, 1.165) is 25.0 Å². The largest absolute Gasteiger partial charge is 0.392 e. The summed E-state index contributed by atoms with van der Waals surface area (Å²) in [4.78, 5) is 8.71. The van der Waals surface area contributed by atoms with Gasteiger partial charge in [0.1, 0.15) is 5.69 Å². The van der Waals surface area contributed by atoms with Crippen LogP contribution in [0.25, 0.3) is 11.5 Å². The summed E-state index contributed by atoms with van der Waals surface area (Å²) in [6.45, 7) is 1.92. The highest BCUT2D eigenvalue weighted by Gasteiger charge is 2.31. The molecular weight excluding hydrogens is 230 g/mol. The maximum Gasteiger partial charge on any atom is 0.232 e. The Morgan fingerprint density at radius 2 is 2.17 bits per heavy atom. The van der Waals surface area contributed by atoms with Crippen LogP contribution in [-0.4, -0.2) is 26.3 Å². The Morgan fingerprint density at radius 3 is 2.89 bits per heavy atom. The maximum absolute atomic E-state index is 9.82. The standard InChI is InChI=1S/C13H15N3O2/c1-8-4-2-6-10(14-8)12-15-13(18-16-12)9-5-3-7-11(9)17/h2,4,6,9,11,17H,3,5,7H2,1H3. The van der Waals surface area contributed by atoms with Crippen molar-refractivity contribution < 1.29 is 9.63 Å². The summed E-state index contributed by atoms with van der Waals surface area (Å²) < 4.78 is 5.25. The number of aliphatic hydroxyl groups is 1. The SMILES string of the molecule is Cc1cccc(-c2noc(C3CCCC3O)n2)n1. The highest BCUT2D eigenvalue weighted by molar-refractivity contribution is 5.48. The van der Waals surface area contributed by atoms with Gasteiger partial charge in [-0.1, -0.05) is 11.2 Å². The molecule has 0 amide bonds. The van der Waals surface area contributed by atoms with Gasteiger partial charge in [-0.25, -0.2) is 4.98 Å². The van der Waals surface area contributed by atoms with Crippen LogP contribution < -0.4 is 0 Å². The smallest absolute Gasteiger partial charge is 0.232 e. The molecule has 3 rings (SSSR count). The molecule has 1 saturated carbocycles. The fourth-order valence-corrected chi connectivity index (χ4v) is 2.39. The van der Waals surface area contributed by atoms with E-state index in [4.69, 9.17) is 4.52 Å². The number of hydrogen-bond acceptors (Lipinski definition) is 5. The van der Waals surface area contributed by atoms with Gasteiger partial charge in [0, 0.05) is 5.69 Å². The summed E-state index contributed by atoms with van der Waals surface area (Å²) in [5, 5.41) is 13.8. The van der Waals surface area contributed by atoms with E-state index in [-0.39, 0.29) is 12.0 Å². The predicted octanol–water partition coefficient (Wildman–Crippen LogP) is 2.07. The summed E-state index contributed by atoms with van der Waals surface area (Å²) in [5.74, 6) is 1.00. The molecule has 1 aliphatic rings. The van der Waals surface area contributed by atoms with E-state index in [2.05, 4.69) is 15.1 Å². The Balaban J connectivity index is 1.89. The molecule has 2 unspecified atom stereocenters. The normalized spacial score (nSPS) is 23.4. The Kier molecular flexibility index (Phi) is 2.83. The summed E-state index contributed by atoms with van der Waals surface area (Å²) in [5.41, 5.74) is 1.62. The Bertz CT molecular complexity index is 553. The van der Waals surface area contributed by atoms with E-state index in [1.54, 1.807) is 0 Å². The third-order valence-electron chi connectivity index (χ3n) is 3.36. The molecule has 0 aliphatic heterocycles. The molecule has 0 saturated heterocycles. The summed E-state index contributed by atoms with van der Waals surface area (Å²) in [7, 11) is 0. The van der Waals surface area contributed by atoms with E-state index in [0.29, 0.717) is 17.4 Å². The number of aryl methyl sites for hydroxylation is 1. The second-order valence-electron chi connectivity index (χ2n) is 4.73. The highest BCUT2D eigenvalue weighted by atomic mass is 16.5. The van der Waals surface area contributed by atoms with Gasteiger partial charge in [-0.05, 0) is 38.3 Å². The third kappa shape index (κ3) is 2.01. The molecule has 5 nitrogen and oxygen atoms in total. The molecule has 0 bridgehead atoms. The molecule has 1 aliphatic carbocycles. The zero-order valence-electron chi connectivity index (χ0n) is 10.2. The van der Waals surface area contributed by atoms with Gasteiger partial charge >= 0.3 is 0 Å². The fourth-order valence-electron chi connectivity index (χ4n) is 2.39. The molecular formula is C13H15N3O2. The van der Waals surface area contributed by atoms with Gasteiger partial charge in [-0.2, -0.15) is 4.98 Å². The Morgan fingerprint density at radius 1 is 1.28 bits per heavy atom. The van der Waals surface area contributed by atoms with E-state index in [9.17, 15) is 5.11 Å². The summed E-state index contributed by atoms with van der Waals surface area (Å²) in [6, 6.07) is 5.69. The second kappa shape index (κ2) is 4.49. The fraction of sp³-hybridized carbons (Fsp3) is 0.462. The average Bonchev–Trinajstić information content (AvgIpc) is 2.97. The quantitative estimate of drug-likeness (QED) is 0.876. The van der Waals surface area contributed by atoms with Crippen molar-refractivity contribution in [3.8, 4) is 11.5 Å². The van der Waals surface area contributed by atoms with Gasteiger partial charge in [-0.15, -0.1) is 0 Å². The molecule has 18 heavy (non-hydrogen) atoms. The third-order valence-corrected chi connectivity index (χ3v) is 3.36. The molecule has 0 radical (unpaired) electrons. The minimum atomic E-state index is -0.358. The number of aliphatic hydroxyl groups excluding tert-OH is 1. The molecule has 2 heterocycles. The number of aromatic nitrogens is 3. The van der Waals surface area contributed by atoms with Crippen molar-refractivity contribution >= 4 is 0 Å². The van der Waals surface area contributed by atoms with Gasteiger partial charge in [0.05, 0.1) is 12.0 Å². The number of nitrogens with zero attached hydrogens (tertiary/aromatic N) is 3. The molecule has 0 aromatic carbocycles. The lowest BCUT2D eigenvalue weighted by molar-refractivity contribution is 0.148. The van der Waals surface area contributed by atoms with E-state index in [1.807, 2.05) is 25.1 Å².